The van der Waals surface area contributed by atoms with E-state index in [2.05, 4.69) is 4.72 Å². The first-order valence-corrected chi connectivity index (χ1v) is 8.13. The van der Waals surface area contributed by atoms with Crippen LogP contribution in [0.3, 0.4) is 0 Å². The van der Waals surface area contributed by atoms with Crippen LogP contribution in [0, 0.1) is 0 Å². The normalized spacial score (nSPS) is 21.8. The van der Waals surface area contributed by atoms with E-state index in [1.54, 1.807) is 18.2 Å². The number of nitrogens with zero attached hydrogens (tertiary/aromatic N) is 1. The van der Waals surface area contributed by atoms with E-state index in [1.807, 2.05) is 0 Å². The van der Waals surface area contributed by atoms with Crippen molar-refractivity contribution < 1.29 is 23.1 Å². The van der Waals surface area contributed by atoms with Crippen LogP contribution in [0.1, 0.15) is 6.42 Å². The molecule has 1 fully saturated rings. The predicted octanol–water partition coefficient (Wildman–Crippen LogP) is -1.02. The molecule has 120 valence electrons. The Kier molecular flexibility index (Phi) is 4.79. The second kappa shape index (κ2) is 6.42. The number of nitrogens with two attached hydrogens (primary N) is 1. The van der Waals surface area contributed by atoms with Gasteiger partial charge in [-0.1, -0.05) is 18.2 Å². The van der Waals surface area contributed by atoms with E-state index in [0.717, 1.165) is 4.90 Å². The Morgan fingerprint density at radius 2 is 1.95 bits per heavy atom. The van der Waals surface area contributed by atoms with Gasteiger partial charge in [0.1, 0.15) is 6.04 Å². The van der Waals surface area contributed by atoms with Gasteiger partial charge >= 0.3 is 5.97 Å². The first kappa shape index (κ1) is 16.4. The van der Waals surface area contributed by atoms with Gasteiger partial charge in [0.25, 0.3) is 0 Å². The van der Waals surface area contributed by atoms with Crippen LogP contribution in [0.4, 0.5) is 0 Å². The minimum atomic E-state index is -3.76. The summed E-state index contributed by atoms with van der Waals surface area (Å²) < 4.78 is 26.9. The summed E-state index contributed by atoms with van der Waals surface area (Å²) in [4.78, 5) is 24.1. The molecule has 2 atom stereocenters. The van der Waals surface area contributed by atoms with Crippen LogP contribution >= 0.6 is 0 Å². The Bertz CT molecular complexity index is 662. The molecule has 8 nitrogen and oxygen atoms in total. The van der Waals surface area contributed by atoms with Crippen molar-refractivity contribution in [3.63, 3.8) is 0 Å². The summed E-state index contributed by atoms with van der Waals surface area (Å²) in [6.07, 6.45) is 0.00708. The lowest BCUT2D eigenvalue weighted by atomic mass is 10.2. The Hall–Kier alpha value is -1.97. The molecule has 9 heteroatoms. The third-order valence-corrected chi connectivity index (χ3v) is 4.99. The van der Waals surface area contributed by atoms with E-state index >= 15 is 0 Å². The number of benzene rings is 1. The number of nitrogens with one attached hydrogen (secondary N) is 1. The van der Waals surface area contributed by atoms with Gasteiger partial charge in [0.2, 0.25) is 15.9 Å². The van der Waals surface area contributed by atoms with Gasteiger partial charge in [-0.15, -0.1) is 0 Å². The number of rotatable bonds is 5. The van der Waals surface area contributed by atoms with Gasteiger partial charge in [-0.2, -0.15) is 0 Å². The first-order chi connectivity index (χ1) is 10.3. The number of carboxylic acid groups (broad SMARTS) is 1. The fourth-order valence-electron chi connectivity index (χ4n) is 2.44. The Labute approximate surface area is 128 Å². The highest BCUT2D eigenvalue weighted by atomic mass is 32.2. The maximum Gasteiger partial charge on any atom is 0.326 e. The number of carbonyl (C=O) groups is 2. The fraction of sp³-hybridized carbons (Fsp3) is 0.385. The smallest absolute Gasteiger partial charge is 0.326 e. The van der Waals surface area contributed by atoms with Gasteiger partial charge in [-0.3, -0.25) is 4.79 Å². The minimum absolute atomic E-state index is 0.00708. The Morgan fingerprint density at radius 3 is 2.50 bits per heavy atom. The lowest BCUT2D eigenvalue weighted by Crippen LogP contribution is -2.44. The van der Waals surface area contributed by atoms with Crippen molar-refractivity contribution in [1.82, 2.24) is 9.62 Å². The van der Waals surface area contributed by atoms with E-state index in [1.165, 1.54) is 12.1 Å². The number of aliphatic carboxylic acids is 1. The molecule has 2 unspecified atom stereocenters. The SMILES string of the molecule is NCC(=O)N1CC(NS(=O)(=O)c2ccccc2)CC1C(=O)O. The molecule has 22 heavy (non-hydrogen) atoms. The summed E-state index contributed by atoms with van der Waals surface area (Å²) in [7, 11) is -3.76. The van der Waals surface area contributed by atoms with Crippen LogP contribution in [-0.4, -0.2) is 55.5 Å². The highest BCUT2D eigenvalue weighted by Gasteiger charge is 2.40. The van der Waals surface area contributed by atoms with Gasteiger partial charge < -0.3 is 15.7 Å². The summed E-state index contributed by atoms with van der Waals surface area (Å²) in [6.45, 7) is -0.332. The van der Waals surface area contributed by atoms with Crippen molar-refractivity contribution in [1.29, 1.82) is 0 Å². The molecule has 1 aliphatic heterocycles. The number of hydrogen-bond acceptors (Lipinski definition) is 5. The summed E-state index contributed by atoms with van der Waals surface area (Å²) in [5.74, 6) is -1.70. The highest BCUT2D eigenvalue weighted by Crippen LogP contribution is 2.20. The van der Waals surface area contributed by atoms with Crippen LogP contribution in [-0.2, 0) is 19.6 Å². The molecule has 1 aliphatic rings. The molecule has 4 N–H and O–H groups in total. The van der Waals surface area contributed by atoms with Gasteiger partial charge in [-0.25, -0.2) is 17.9 Å². The molecule has 1 saturated heterocycles. The predicted molar refractivity (Wildman–Crippen MR) is 77.4 cm³/mol. The van der Waals surface area contributed by atoms with Gasteiger partial charge in [0.15, 0.2) is 0 Å². The van der Waals surface area contributed by atoms with Crippen LogP contribution in [0.5, 0.6) is 0 Å². The minimum Gasteiger partial charge on any atom is -0.480 e. The van der Waals surface area contributed by atoms with Crippen molar-refractivity contribution in [2.75, 3.05) is 13.1 Å². The Morgan fingerprint density at radius 1 is 1.32 bits per heavy atom. The third kappa shape index (κ3) is 3.43. The van der Waals surface area contributed by atoms with Gasteiger partial charge in [0, 0.05) is 12.6 Å². The van der Waals surface area contributed by atoms with Crippen LogP contribution < -0.4 is 10.5 Å². The number of sulfonamides is 1. The summed E-state index contributed by atoms with van der Waals surface area (Å²) in [5, 5.41) is 9.15. The number of carbonyl (C=O) groups excluding carboxylic acids is 1. The van der Waals surface area contributed by atoms with E-state index in [4.69, 9.17) is 10.8 Å². The molecular weight excluding hydrogens is 310 g/mol. The monoisotopic (exact) mass is 327 g/mol. The number of amides is 1. The van der Waals surface area contributed by atoms with Crippen molar-refractivity contribution in [2.45, 2.75) is 23.4 Å². The topological polar surface area (TPSA) is 130 Å². The highest BCUT2D eigenvalue weighted by molar-refractivity contribution is 7.89. The average molecular weight is 327 g/mol. The molecule has 0 aromatic heterocycles. The molecule has 0 saturated carbocycles. The van der Waals surface area contributed by atoms with E-state index < -0.39 is 34.0 Å². The quantitative estimate of drug-likeness (QED) is 0.634. The van der Waals surface area contributed by atoms with Crippen LogP contribution in [0.2, 0.25) is 0 Å². The van der Waals surface area contributed by atoms with Gasteiger partial charge in [-0.05, 0) is 18.6 Å². The lowest BCUT2D eigenvalue weighted by Gasteiger charge is -2.20. The largest absolute Gasteiger partial charge is 0.480 e. The van der Waals surface area contributed by atoms with Crippen molar-refractivity contribution in [3.05, 3.63) is 30.3 Å². The third-order valence-electron chi connectivity index (χ3n) is 3.46. The Balaban J connectivity index is 2.15. The van der Waals surface area contributed by atoms with Gasteiger partial charge in [0.05, 0.1) is 11.4 Å². The molecule has 1 heterocycles. The van der Waals surface area contributed by atoms with Crippen molar-refractivity contribution >= 4 is 21.9 Å². The number of likely N-dealkylation sites (tertiary alicyclic amines) is 1. The molecule has 0 spiro atoms. The molecule has 1 aromatic carbocycles. The second-order valence-electron chi connectivity index (χ2n) is 4.97. The molecule has 0 radical (unpaired) electrons. The number of carboxylic acids is 1. The number of hydrogen-bond donors (Lipinski definition) is 3. The average Bonchev–Trinajstić information content (AvgIpc) is 2.90. The zero-order valence-electron chi connectivity index (χ0n) is 11.7. The maximum atomic E-state index is 12.2. The standard InChI is InChI=1S/C13H17N3O5S/c14-7-12(17)16-8-9(6-11(16)13(18)19)15-22(20,21)10-4-2-1-3-5-10/h1-5,9,11,15H,6-8,14H2,(H,18,19). The fourth-order valence-corrected chi connectivity index (χ4v) is 3.70. The summed E-state index contributed by atoms with van der Waals surface area (Å²) in [5.41, 5.74) is 5.26. The van der Waals surface area contributed by atoms with E-state index in [9.17, 15) is 18.0 Å². The zero-order chi connectivity index (χ0) is 16.3. The molecule has 0 bridgehead atoms. The van der Waals surface area contributed by atoms with Crippen molar-refractivity contribution in [3.8, 4) is 0 Å². The molecule has 2 rings (SSSR count). The van der Waals surface area contributed by atoms with Crippen LogP contribution in [0.15, 0.2) is 35.2 Å². The summed E-state index contributed by atoms with van der Waals surface area (Å²) >= 11 is 0. The molecule has 1 amide bonds. The van der Waals surface area contributed by atoms with Crippen molar-refractivity contribution in [2.24, 2.45) is 5.73 Å². The molecule has 1 aromatic rings. The summed E-state index contributed by atoms with van der Waals surface area (Å²) in [6, 6.07) is 6.02. The van der Waals surface area contributed by atoms with E-state index in [-0.39, 0.29) is 24.4 Å². The first-order valence-electron chi connectivity index (χ1n) is 6.65. The maximum absolute atomic E-state index is 12.2. The van der Waals surface area contributed by atoms with E-state index in [0.29, 0.717) is 0 Å². The second-order valence-corrected chi connectivity index (χ2v) is 6.69. The molecular formula is C13H17N3O5S. The van der Waals surface area contributed by atoms with Crippen LogP contribution in [0.25, 0.3) is 0 Å². The zero-order valence-corrected chi connectivity index (χ0v) is 12.5. The molecule has 0 aliphatic carbocycles. The lowest BCUT2D eigenvalue weighted by molar-refractivity contribution is -0.147.